The van der Waals surface area contributed by atoms with Gasteiger partial charge in [-0.1, -0.05) is 0 Å². The first-order valence-corrected chi connectivity index (χ1v) is 4.17. The summed E-state index contributed by atoms with van der Waals surface area (Å²) in [5, 5.41) is 8.85. The number of fused-ring (bicyclic) bond motifs is 1. The summed E-state index contributed by atoms with van der Waals surface area (Å²) >= 11 is 0. The minimum atomic E-state index is -1.20. The lowest BCUT2D eigenvalue weighted by atomic mass is 10.0. The summed E-state index contributed by atoms with van der Waals surface area (Å²) in [5.41, 5.74) is 1.25. The van der Waals surface area contributed by atoms with E-state index in [1.807, 2.05) is 0 Å². The van der Waals surface area contributed by atoms with E-state index < -0.39 is 11.5 Å². The number of aromatic carboxylic acids is 1. The molecule has 14 heavy (non-hydrogen) atoms. The van der Waals surface area contributed by atoms with Crippen molar-refractivity contribution in [3.63, 3.8) is 0 Å². The Morgan fingerprint density at radius 3 is 2.71 bits per heavy atom. The highest BCUT2D eigenvalue weighted by atomic mass is 16.5. The largest absolute Gasteiger partial charge is 0.477 e. The number of aryl methyl sites for hydroxylation is 1. The Bertz CT molecular complexity index is 461. The molecule has 1 aromatic heterocycles. The SMILES string of the molecule is Cc1[nH]c(=O)c(C(=O)O)c2c1COC2. The molecular formula is C9H9NO4. The molecule has 0 saturated carbocycles. The standard InChI is InChI=1S/C9H9NO4/c1-4-5-2-14-3-6(5)7(9(12)13)8(11)10-4/h2-3H2,1H3,(H,10,11)(H,12,13). The summed E-state index contributed by atoms with van der Waals surface area (Å²) in [4.78, 5) is 24.7. The second kappa shape index (κ2) is 2.95. The fourth-order valence-corrected chi connectivity index (χ4v) is 1.66. The normalized spacial score (nSPS) is 14.1. The highest BCUT2D eigenvalue weighted by Gasteiger charge is 2.24. The molecule has 0 bridgehead atoms. The van der Waals surface area contributed by atoms with Crippen LogP contribution < -0.4 is 5.56 Å². The van der Waals surface area contributed by atoms with E-state index in [1.165, 1.54) is 0 Å². The van der Waals surface area contributed by atoms with Crippen molar-refractivity contribution in [3.05, 3.63) is 32.7 Å². The number of carbonyl (C=O) groups is 1. The smallest absolute Gasteiger partial charge is 0.341 e. The van der Waals surface area contributed by atoms with Crippen LogP contribution in [0.25, 0.3) is 0 Å². The number of carboxylic acids is 1. The van der Waals surface area contributed by atoms with Crippen LogP contribution in [-0.2, 0) is 18.0 Å². The molecule has 0 radical (unpaired) electrons. The number of pyridine rings is 1. The van der Waals surface area contributed by atoms with Crippen molar-refractivity contribution >= 4 is 5.97 Å². The lowest BCUT2D eigenvalue weighted by Crippen LogP contribution is -2.21. The quantitative estimate of drug-likeness (QED) is 0.680. The van der Waals surface area contributed by atoms with Crippen molar-refractivity contribution < 1.29 is 14.6 Å². The molecule has 1 aliphatic heterocycles. The molecular weight excluding hydrogens is 186 g/mol. The number of ether oxygens (including phenoxy) is 1. The van der Waals surface area contributed by atoms with Gasteiger partial charge in [-0.3, -0.25) is 4.79 Å². The Balaban J connectivity index is 2.78. The van der Waals surface area contributed by atoms with E-state index in [0.717, 1.165) is 5.56 Å². The highest BCUT2D eigenvalue weighted by Crippen LogP contribution is 2.22. The van der Waals surface area contributed by atoms with Gasteiger partial charge in [-0.05, 0) is 6.92 Å². The zero-order valence-corrected chi connectivity index (χ0v) is 7.59. The molecule has 0 aromatic carbocycles. The third kappa shape index (κ3) is 1.13. The summed E-state index contributed by atoms with van der Waals surface area (Å²) in [6.45, 7) is 2.32. The maximum atomic E-state index is 11.3. The number of aromatic amines is 1. The molecule has 1 aliphatic rings. The molecule has 0 fully saturated rings. The van der Waals surface area contributed by atoms with Crippen LogP contribution >= 0.6 is 0 Å². The highest BCUT2D eigenvalue weighted by molar-refractivity contribution is 5.89. The molecule has 2 N–H and O–H groups in total. The van der Waals surface area contributed by atoms with E-state index in [0.29, 0.717) is 17.9 Å². The number of H-pyrrole nitrogens is 1. The average molecular weight is 195 g/mol. The zero-order chi connectivity index (χ0) is 10.3. The van der Waals surface area contributed by atoms with Crippen molar-refractivity contribution in [2.24, 2.45) is 0 Å². The van der Waals surface area contributed by atoms with Gasteiger partial charge in [0, 0.05) is 16.8 Å². The van der Waals surface area contributed by atoms with E-state index in [1.54, 1.807) is 6.92 Å². The van der Waals surface area contributed by atoms with Gasteiger partial charge in [-0.15, -0.1) is 0 Å². The third-order valence-electron chi connectivity index (χ3n) is 2.35. The van der Waals surface area contributed by atoms with E-state index in [2.05, 4.69) is 4.98 Å². The van der Waals surface area contributed by atoms with Gasteiger partial charge in [0.25, 0.3) is 5.56 Å². The van der Waals surface area contributed by atoms with Gasteiger partial charge in [-0.25, -0.2) is 4.79 Å². The van der Waals surface area contributed by atoms with Gasteiger partial charge in [-0.2, -0.15) is 0 Å². The monoisotopic (exact) mass is 195 g/mol. The van der Waals surface area contributed by atoms with Gasteiger partial charge in [0.1, 0.15) is 5.56 Å². The van der Waals surface area contributed by atoms with Crippen LogP contribution in [0.5, 0.6) is 0 Å². The van der Waals surface area contributed by atoms with Gasteiger partial charge in [0.2, 0.25) is 0 Å². The van der Waals surface area contributed by atoms with Gasteiger partial charge >= 0.3 is 5.97 Å². The first-order valence-electron chi connectivity index (χ1n) is 4.17. The van der Waals surface area contributed by atoms with Gasteiger partial charge < -0.3 is 14.8 Å². The number of nitrogens with one attached hydrogen (secondary N) is 1. The molecule has 2 heterocycles. The van der Waals surface area contributed by atoms with Crippen molar-refractivity contribution in [2.45, 2.75) is 20.1 Å². The third-order valence-corrected chi connectivity index (χ3v) is 2.35. The number of rotatable bonds is 1. The predicted molar refractivity (Wildman–Crippen MR) is 47.3 cm³/mol. The molecule has 74 valence electrons. The Morgan fingerprint density at radius 1 is 1.43 bits per heavy atom. The molecule has 0 unspecified atom stereocenters. The second-order valence-electron chi connectivity index (χ2n) is 3.21. The van der Waals surface area contributed by atoms with Crippen LogP contribution in [0.3, 0.4) is 0 Å². The van der Waals surface area contributed by atoms with Crippen LogP contribution in [0.1, 0.15) is 27.2 Å². The fourth-order valence-electron chi connectivity index (χ4n) is 1.66. The topological polar surface area (TPSA) is 79.4 Å². The van der Waals surface area contributed by atoms with Crippen molar-refractivity contribution in [1.82, 2.24) is 4.98 Å². The zero-order valence-electron chi connectivity index (χ0n) is 7.59. The Hall–Kier alpha value is -1.62. The van der Waals surface area contributed by atoms with Crippen LogP contribution in [0.2, 0.25) is 0 Å². The Morgan fingerprint density at radius 2 is 2.07 bits per heavy atom. The molecule has 0 atom stereocenters. The van der Waals surface area contributed by atoms with E-state index in [4.69, 9.17) is 9.84 Å². The Labute approximate surface area is 79.3 Å². The molecule has 0 saturated heterocycles. The van der Waals surface area contributed by atoms with Crippen LogP contribution in [0.15, 0.2) is 4.79 Å². The average Bonchev–Trinajstić information content (AvgIpc) is 2.51. The molecule has 5 heteroatoms. The molecule has 0 aliphatic carbocycles. The minimum Gasteiger partial charge on any atom is -0.477 e. The second-order valence-corrected chi connectivity index (χ2v) is 3.21. The maximum absolute atomic E-state index is 11.3. The molecule has 2 rings (SSSR count). The number of hydrogen-bond acceptors (Lipinski definition) is 3. The molecule has 5 nitrogen and oxygen atoms in total. The van der Waals surface area contributed by atoms with E-state index in [9.17, 15) is 9.59 Å². The van der Waals surface area contributed by atoms with Crippen molar-refractivity contribution in [3.8, 4) is 0 Å². The fraction of sp³-hybridized carbons (Fsp3) is 0.333. The lowest BCUT2D eigenvalue weighted by Gasteiger charge is -2.04. The van der Waals surface area contributed by atoms with Crippen LogP contribution in [0, 0.1) is 6.92 Å². The summed E-state index contributed by atoms with van der Waals surface area (Å²) < 4.78 is 5.12. The maximum Gasteiger partial charge on any atom is 0.341 e. The summed E-state index contributed by atoms with van der Waals surface area (Å²) in [7, 11) is 0. The Kier molecular flexibility index (Phi) is 1.89. The van der Waals surface area contributed by atoms with Crippen molar-refractivity contribution in [2.75, 3.05) is 0 Å². The van der Waals surface area contributed by atoms with E-state index >= 15 is 0 Å². The van der Waals surface area contributed by atoms with Crippen LogP contribution in [-0.4, -0.2) is 16.1 Å². The van der Waals surface area contributed by atoms with Gasteiger partial charge in [0.05, 0.1) is 13.2 Å². The van der Waals surface area contributed by atoms with Gasteiger partial charge in [0.15, 0.2) is 0 Å². The number of hydrogen-bond donors (Lipinski definition) is 2. The summed E-state index contributed by atoms with van der Waals surface area (Å²) in [6.07, 6.45) is 0. The van der Waals surface area contributed by atoms with Crippen molar-refractivity contribution in [1.29, 1.82) is 0 Å². The predicted octanol–water partition coefficient (Wildman–Crippen LogP) is 0.412. The first-order chi connectivity index (χ1) is 6.61. The minimum absolute atomic E-state index is 0.192. The van der Waals surface area contributed by atoms with Crippen LogP contribution in [0.4, 0.5) is 0 Å². The number of carboxylic acid groups (broad SMARTS) is 1. The molecule has 0 amide bonds. The number of aromatic nitrogens is 1. The summed E-state index contributed by atoms with van der Waals surface area (Å²) in [5.74, 6) is -1.20. The molecule has 1 aromatic rings. The van der Waals surface area contributed by atoms with E-state index in [-0.39, 0.29) is 12.2 Å². The first kappa shape index (κ1) is 8.96. The summed E-state index contributed by atoms with van der Waals surface area (Å²) in [6, 6.07) is 0. The lowest BCUT2D eigenvalue weighted by molar-refractivity contribution is 0.0690. The molecule has 0 spiro atoms.